The van der Waals surface area contributed by atoms with Gasteiger partial charge >= 0.3 is 0 Å². The molecule has 0 heterocycles. The second-order valence-corrected chi connectivity index (χ2v) is 5.07. The molecule has 0 aliphatic rings. The summed E-state index contributed by atoms with van der Waals surface area (Å²) in [6, 6.07) is 23.5. The van der Waals surface area contributed by atoms with Crippen LogP contribution >= 0.6 is 0 Å². The van der Waals surface area contributed by atoms with E-state index in [9.17, 15) is 0 Å². The molecule has 4 aromatic carbocycles. The van der Waals surface area contributed by atoms with Crippen molar-refractivity contribution >= 4 is 32.3 Å². The second kappa shape index (κ2) is 4.11. The van der Waals surface area contributed by atoms with Gasteiger partial charge in [-0.3, -0.25) is 0 Å². The summed E-state index contributed by atoms with van der Waals surface area (Å²) in [7, 11) is 0. The Morgan fingerprint density at radius 3 is 1.90 bits per heavy atom. The highest BCUT2D eigenvalue weighted by Crippen LogP contribution is 2.28. The molecule has 0 saturated carbocycles. The summed E-state index contributed by atoms with van der Waals surface area (Å²) < 4.78 is 0. The van der Waals surface area contributed by atoms with Crippen molar-refractivity contribution in [1.29, 1.82) is 0 Å². The summed E-state index contributed by atoms with van der Waals surface area (Å²) in [4.78, 5) is 0. The zero-order chi connectivity index (χ0) is 13.5. The zero-order valence-electron chi connectivity index (χ0n) is 10.9. The lowest BCUT2D eigenvalue weighted by molar-refractivity contribution is 1.73. The molecule has 0 saturated heterocycles. The summed E-state index contributed by atoms with van der Waals surface area (Å²) in [5, 5.41) is 7.37. The quantitative estimate of drug-likeness (QED) is 0.301. The molecular weight excluding hydrogens is 240 g/mol. The minimum atomic E-state index is 0.956. The Morgan fingerprint density at radius 2 is 1.20 bits per heavy atom. The van der Waals surface area contributed by atoms with Crippen LogP contribution in [0.1, 0.15) is 5.56 Å². The van der Waals surface area contributed by atoms with Gasteiger partial charge < -0.3 is 0 Å². The van der Waals surface area contributed by atoms with Gasteiger partial charge in [-0.25, -0.2) is 0 Å². The predicted octanol–water partition coefficient (Wildman–Crippen LogP) is 5.13. The fourth-order valence-corrected chi connectivity index (χ4v) is 2.84. The molecule has 0 radical (unpaired) electrons. The SMILES string of the molecule is C#Cc1cccc2cc3cc4ccccc4cc3cc12. The number of benzene rings is 4. The van der Waals surface area contributed by atoms with E-state index >= 15 is 0 Å². The van der Waals surface area contributed by atoms with Crippen LogP contribution in [0.3, 0.4) is 0 Å². The Balaban J connectivity index is 2.19. The van der Waals surface area contributed by atoms with Crippen LogP contribution in [0.15, 0.2) is 66.7 Å². The average Bonchev–Trinajstić information content (AvgIpc) is 2.50. The Morgan fingerprint density at radius 1 is 0.600 bits per heavy atom. The number of terminal acetylenes is 1. The highest BCUT2D eigenvalue weighted by molar-refractivity contribution is 6.05. The van der Waals surface area contributed by atoms with Gasteiger partial charge in [0.05, 0.1) is 0 Å². The molecule has 0 aliphatic carbocycles. The van der Waals surface area contributed by atoms with E-state index in [1.54, 1.807) is 0 Å². The summed E-state index contributed by atoms with van der Waals surface area (Å²) in [5.74, 6) is 2.77. The first-order valence-electron chi connectivity index (χ1n) is 6.67. The molecule has 92 valence electrons. The van der Waals surface area contributed by atoms with Gasteiger partial charge in [-0.05, 0) is 62.6 Å². The molecule has 0 spiro atoms. The van der Waals surface area contributed by atoms with Gasteiger partial charge in [-0.15, -0.1) is 6.42 Å². The Hall–Kier alpha value is -2.78. The number of rotatable bonds is 0. The number of hydrogen-bond acceptors (Lipinski definition) is 0. The van der Waals surface area contributed by atoms with Crippen LogP contribution in [0.4, 0.5) is 0 Å². The van der Waals surface area contributed by atoms with E-state index in [0.717, 1.165) is 10.9 Å². The minimum Gasteiger partial charge on any atom is -0.115 e. The van der Waals surface area contributed by atoms with Crippen LogP contribution in [0.25, 0.3) is 32.3 Å². The number of hydrogen-bond donors (Lipinski definition) is 0. The van der Waals surface area contributed by atoms with E-state index < -0.39 is 0 Å². The predicted molar refractivity (Wildman–Crippen MR) is 86.9 cm³/mol. The third kappa shape index (κ3) is 1.57. The van der Waals surface area contributed by atoms with E-state index in [-0.39, 0.29) is 0 Å². The molecule has 0 heteroatoms. The van der Waals surface area contributed by atoms with Gasteiger partial charge in [-0.1, -0.05) is 42.3 Å². The number of fused-ring (bicyclic) bond motifs is 3. The lowest BCUT2D eigenvalue weighted by Gasteiger charge is -2.06. The molecule has 0 unspecified atom stereocenters. The fraction of sp³-hybridized carbons (Fsp3) is 0. The van der Waals surface area contributed by atoms with Crippen LogP contribution < -0.4 is 0 Å². The van der Waals surface area contributed by atoms with Crippen LogP contribution in [-0.2, 0) is 0 Å². The molecule has 0 amide bonds. The zero-order valence-corrected chi connectivity index (χ0v) is 10.9. The van der Waals surface area contributed by atoms with E-state index in [1.165, 1.54) is 26.9 Å². The van der Waals surface area contributed by atoms with Crippen molar-refractivity contribution in [2.75, 3.05) is 0 Å². The summed E-state index contributed by atoms with van der Waals surface area (Å²) in [5.41, 5.74) is 0.956. The van der Waals surface area contributed by atoms with Crippen LogP contribution in [0.5, 0.6) is 0 Å². The monoisotopic (exact) mass is 252 g/mol. The van der Waals surface area contributed by atoms with Gasteiger partial charge in [0.1, 0.15) is 0 Å². The molecule has 0 aromatic heterocycles. The third-order valence-corrected chi connectivity index (χ3v) is 3.86. The third-order valence-electron chi connectivity index (χ3n) is 3.86. The lowest BCUT2D eigenvalue weighted by Crippen LogP contribution is -1.82. The average molecular weight is 252 g/mol. The van der Waals surface area contributed by atoms with E-state index in [0.29, 0.717) is 0 Å². The molecule has 0 nitrogen and oxygen atoms in total. The topological polar surface area (TPSA) is 0 Å². The molecule has 0 fully saturated rings. The fourth-order valence-electron chi connectivity index (χ4n) is 2.84. The highest BCUT2D eigenvalue weighted by atomic mass is 14.1. The Bertz CT molecular complexity index is 1000. The van der Waals surface area contributed by atoms with E-state index in [1.807, 2.05) is 12.1 Å². The maximum absolute atomic E-state index is 5.60. The molecule has 4 rings (SSSR count). The van der Waals surface area contributed by atoms with Crippen molar-refractivity contribution in [3.8, 4) is 12.3 Å². The molecule has 4 aromatic rings. The molecule has 0 N–H and O–H groups in total. The summed E-state index contributed by atoms with van der Waals surface area (Å²) in [6.07, 6.45) is 5.60. The van der Waals surface area contributed by atoms with Gasteiger partial charge in [-0.2, -0.15) is 0 Å². The second-order valence-electron chi connectivity index (χ2n) is 5.07. The Kier molecular flexibility index (Phi) is 2.28. The van der Waals surface area contributed by atoms with Crippen LogP contribution in [-0.4, -0.2) is 0 Å². The standard InChI is InChI=1S/C20H12/c1-2-14-8-5-9-17-12-18-10-15-6-3-4-7-16(15)11-19(18)13-20(14)17/h1,3-13H. The van der Waals surface area contributed by atoms with Crippen molar-refractivity contribution in [1.82, 2.24) is 0 Å². The largest absolute Gasteiger partial charge is 0.115 e. The lowest BCUT2D eigenvalue weighted by atomic mass is 9.97. The van der Waals surface area contributed by atoms with Gasteiger partial charge in [0.2, 0.25) is 0 Å². The molecule has 20 heavy (non-hydrogen) atoms. The Labute approximate surface area is 117 Å². The van der Waals surface area contributed by atoms with Crippen molar-refractivity contribution in [2.24, 2.45) is 0 Å². The first-order chi connectivity index (χ1) is 9.85. The van der Waals surface area contributed by atoms with E-state index in [2.05, 4.69) is 60.5 Å². The summed E-state index contributed by atoms with van der Waals surface area (Å²) in [6.45, 7) is 0. The van der Waals surface area contributed by atoms with Gasteiger partial charge in [0.25, 0.3) is 0 Å². The maximum Gasteiger partial charge on any atom is 0.0321 e. The molecule has 0 aliphatic heterocycles. The first kappa shape index (κ1) is 11.1. The highest BCUT2D eigenvalue weighted by Gasteiger charge is 2.03. The van der Waals surface area contributed by atoms with Crippen molar-refractivity contribution in [3.05, 3.63) is 72.3 Å². The summed E-state index contributed by atoms with van der Waals surface area (Å²) >= 11 is 0. The first-order valence-corrected chi connectivity index (χ1v) is 6.67. The minimum absolute atomic E-state index is 0.956. The van der Waals surface area contributed by atoms with Gasteiger partial charge in [0, 0.05) is 5.56 Å². The van der Waals surface area contributed by atoms with Crippen LogP contribution in [0, 0.1) is 12.3 Å². The van der Waals surface area contributed by atoms with Gasteiger partial charge in [0.15, 0.2) is 0 Å². The van der Waals surface area contributed by atoms with Crippen LogP contribution in [0.2, 0.25) is 0 Å². The smallest absolute Gasteiger partial charge is 0.0321 e. The molecular formula is C20H12. The normalized spacial score (nSPS) is 10.9. The molecule has 0 atom stereocenters. The molecule has 0 bridgehead atoms. The van der Waals surface area contributed by atoms with Crippen molar-refractivity contribution in [3.63, 3.8) is 0 Å². The maximum atomic E-state index is 5.60. The van der Waals surface area contributed by atoms with E-state index in [4.69, 9.17) is 6.42 Å². The van der Waals surface area contributed by atoms with Crippen molar-refractivity contribution in [2.45, 2.75) is 0 Å². The van der Waals surface area contributed by atoms with Crippen molar-refractivity contribution < 1.29 is 0 Å².